The first kappa shape index (κ1) is 17.5. The number of benzene rings is 2. The van der Waals surface area contributed by atoms with Crippen molar-refractivity contribution in [2.24, 2.45) is 0 Å². The van der Waals surface area contributed by atoms with E-state index < -0.39 is 10.0 Å². The lowest BCUT2D eigenvalue weighted by molar-refractivity contribution is 0.414. The first-order chi connectivity index (χ1) is 10.4. The van der Waals surface area contributed by atoms with Gasteiger partial charge >= 0.3 is 0 Å². The molecule has 0 fully saturated rings. The molecule has 22 heavy (non-hydrogen) atoms. The van der Waals surface area contributed by atoms with E-state index in [1.165, 1.54) is 0 Å². The molecule has 4 nitrogen and oxygen atoms in total. The second kappa shape index (κ2) is 7.59. The maximum Gasteiger partial charge on any atom is 0.241 e. The van der Waals surface area contributed by atoms with Gasteiger partial charge in [-0.1, -0.05) is 28.1 Å². The van der Waals surface area contributed by atoms with Crippen LogP contribution in [0.1, 0.15) is 5.56 Å². The van der Waals surface area contributed by atoms with Crippen molar-refractivity contribution >= 4 is 41.9 Å². The SMILES string of the molecule is COc1ccc(CCNS(=O)(=O)c2cc(Br)ccc2Br)cc1. The van der Waals surface area contributed by atoms with E-state index >= 15 is 0 Å². The van der Waals surface area contributed by atoms with Gasteiger partial charge in [-0.2, -0.15) is 0 Å². The molecule has 2 aromatic carbocycles. The number of sulfonamides is 1. The van der Waals surface area contributed by atoms with Crippen LogP contribution in [0.15, 0.2) is 56.3 Å². The average molecular weight is 449 g/mol. The fourth-order valence-corrected chi connectivity index (χ4v) is 4.41. The quantitative estimate of drug-likeness (QED) is 0.732. The summed E-state index contributed by atoms with van der Waals surface area (Å²) in [5, 5.41) is 0. The molecule has 0 atom stereocenters. The van der Waals surface area contributed by atoms with E-state index in [1.54, 1.807) is 25.3 Å². The van der Waals surface area contributed by atoms with Crippen molar-refractivity contribution in [2.75, 3.05) is 13.7 Å². The molecule has 0 unspecified atom stereocenters. The summed E-state index contributed by atoms with van der Waals surface area (Å²) in [6, 6.07) is 12.6. The molecule has 2 rings (SSSR count). The fourth-order valence-electron chi connectivity index (χ4n) is 1.88. The Labute approximate surface area is 147 Å². The molecule has 0 bridgehead atoms. The van der Waals surface area contributed by atoms with Crippen LogP contribution in [0, 0.1) is 0 Å². The van der Waals surface area contributed by atoms with Crippen LogP contribution >= 0.6 is 31.9 Å². The Balaban J connectivity index is 2.01. The minimum Gasteiger partial charge on any atom is -0.497 e. The minimum atomic E-state index is -3.55. The third-order valence-corrected chi connectivity index (χ3v) is 6.00. The molecule has 0 aliphatic heterocycles. The normalized spacial score (nSPS) is 11.4. The van der Waals surface area contributed by atoms with E-state index in [4.69, 9.17) is 4.74 Å². The van der Waals surface area contributed by atoms with Crippen LogP contribution in [0.4, 0.5) is 0 Å². The van der Waals surface area contributed by atoms with E-state index in [2.05, 4.69) is 36.6 Å². The second-order valence-electron chi connectivity index (χ2n) is 4.57. The van der Waals surface area contributed by atoms with Gasteiger partial charge in [-0.25, -0.2) is 13.1 Å². The van der Waals surface area contributed by atoms with E-state index in [-0.39, 0.29) is 4.90 Å². The van der Waals surface area contributed by atoms with Gasteiger partial charge in [-0.05, 0) is 58.2 Å². The molecule has 0 radical (unpaired) electrons. The Morgan fingerprint density at radius 2 is 1.77 bits per heavy atom. The number of hydrogen-bond donors (Lipinski definition) is 1. The fraction of sp³-hybridized carbons (Fsp3) is 0.200. The highest BCUT2D eigenvalue weighted by atomic mass is 79.9. The van der Waals surface area contributed by atoms with Gasteiger partial charge < -0.3 is 4.74 Å². The minimum absolute atomic E-state index is 0.219. The summed E-state index contributed by atoms with van der Waals surface area (Å²) in [5.74, 6) is 0.780. The summed E-state index contributed by atoms with van der Waals surface area (Å²) in [6.07, 6.45) is 0.606. The van der Waals surface area contributed by atoms with E-state index in [0.717, 1.165) is 11.3 Å². The van der Waals surface area contributed by atoms with Crippen LogP contribution in [0.25, 0.3) is 0 Å². The molecule has 0 aliphatic carbocycles. The van der Waals surface area contributed by atoms with Crippen LogP contribution in [0.2, 0.25) is 0 Å². The monoisotopic (exact) mass is 447 g/mol. The van der Waals surface area contributed by atoms with Crippen molar-refractivity contribution in [1.29, 1.82) is 0 Å². The van der Waals surface area contributed by atoms with Gasteiger partial charge in [-0.15, -0.1) is 0 Å². The number of ether oxygens (including phenoxy) is 1. The summed E-state index contributed by atoms with van der Waals surface area (Å²) < 4.78 is 33.6. The van der Waals surface area contributed by atoms with Crippen LogP contribution in [-0.4, -0.2) is 22.1 Å². The summed E-state index contributed by atoms with van der Waals surface area (Å²) in [6.45, 7) is 0.327. The van der Waals surface area contributed by atoms with Gasteiger partial charge in [0.15, 0.2) is 0 Å². The van der Waals surface area contributed by atoms with E-state index in [0.29, 0.717) is 21.9 Å². The summed E-state index contributed by atoms with van der Waals surface area (Å²) >= 11 is 6.55. The Morgan fingerprint density at radius 3 is 2.41 bits per heavy atom. The van der Waals surface area contributed by atoms with Crippen molar-refractivity contribution in [3.63, 3.8) is 0 Å². The highest BCUT2D eigenvalue weighted by Gasteiger charge is 2.17. The summed E-state index contributed by atoms with van der Waals surface area (Å²) in [5.41, 5.74) is 1.04. The second-order valence-corrected chi connectivity index (χ2v) is 8.08. The molecular weight excluding hydrogens is 434 g/mol. The average Bonchev–Trinajstić information content (AvgIpc) is 2.50. The standard InChI is InChI=1S/C15H15Br2NO3S/c1-21-13-5-2-11(3-6-13)8-9-18-22(19,20)15-10-12(16)4-7-14(15)17/h2-7,10,18H,8-9H2,1H3. The third kappa shape index (κ3) is 4.55. The molecular formula is C15H15Br2NO3S. The Kier molecular flexibility index (Phi) is 6.02. The predicted octanol–water partition coefficient (Wildman–Crippen LogP) is 3.74. The summed E-state index contributed by atoms with van der Waals surface area (Å²) in [4.78, 5) is 0.219. The molecule has 118 valence electrons. The first-order valence-electron chi connectivity index (χ1n) is 6.50. The van der Waals surface area contributed by atoms with E-state index in [9.17, 15) is 8.42 Å². The van der Waals surface area contributed by atoms with Gasteiger partial charge in [0.2, 0.25) is 10.0 Å². The van der Waals surface area contributed by atoms with Gasteiger partial charge in [0.1, 0.15) is 5.75 Å². The molecule has 1 N–H and O–H groups in total. The predicted molar refractivity (Wildman–Crippen MR) is 93.7 cm³/mol. The number of rotatable bonds is 6. The van der Waals surface area contributed by atoms with Crippen molar-refractivity contribution in [3.05, 3.63) is 57.0 Å². The molecule has 0 heterocycles. The molecule has 0 aromatic heterocycles. The maximum absolute atomic E-state index is 12.3. The van der Waals surface area contributed by atoms with Gasteiger partial charge in [-0.3, -0.25) is 0 Å². The number of nitrogens with one attached hydrogen (secondary N) is 1. The molecule has 0 amide bonds. The van der Waals surface area contributed by atoms with Gasteiger partial charge in [0, 0.05) is 15.5 Å². The Morgan fingerprint density at radius 1 is 1.09 bits per heavy atom. The molecule has 0 spiro atoms. The van der Waals surface area contributed by atoms with Gasteiger partial charge in [0.25, 0.3) is 0 Å². The zero-order valence-corrected chi connectivity index (χ0v) is 15.8. The summed E-state index contributed by atoms with van der Waals surface area (Å²) in [7, 11) is -1.94. The Bertz CT molecular complexity index is 746. The van der Waals surface area contributed by atoms with Crippen molar-refractivity contribution < 1.29 is 13.2 Å². The third-order valence-electron chi connectivity index (χ3n) is 3.05. The number of methoxy groups -OCH3 is 1. The van der Waals surface area contributed by atoms with Gasteiger partial charge in [0.05, 0.1) is 12.0 Å². The lowest BCUT2D eigenvalue weighted by atomic mass is 10.1. The van der Waals surface area contributed by atoms with Crippen LogP contribution in [0.5, 0.6) is 5.75 Å². The lowest BCUT2D eigenvalue weighted by Gasteiger charge is -2.09. The number of hydrogen-bond acceptors (Lipinski definition) is 3. The first-order valence-corrected chi connectivity index (χ1v) is 9.57. The Hall–Kier alpha value is -0.890. The van der Waals surface area contributed by atoms with Crippen molar-refractivity contribution in [1.82, 2.24) is 4.72 Å². The van der Waals surface area contributed by atoms with E-state index in [1.807, 2.05) is 24.3 Å². The van der Waals surface area contributed by atoms with Crippen LogP contribution in [0.3, 0.4) is 0 Å². The molecule has 0 saturated carbocycles. The molecule has 7 heteroatoms. The molecule has 2 aromatic rings. The smallest absolute Gasteiger partial charge is 0.241 e. The highest BCUT2D eigenvalue weighted by molar-refractivity contribution is 9.11. The molecule has 0 saturated heterocycles. The maximum atomic E-state index is 12.3. The zero-order valence-electron chi connectivity index (χ0n) is 11.8. The van der Waals surface area contributed by atoms with Crippen LogP contribution in [-0.2, 0) is 16.4 Å². The largest absolute Gasteiger partial charge is 0.497 e. The lowest BCUT2D eigenvalue weighted by Crippen LogP contribution is -2.26. The highest BCUT2D eigenvalue weighted by Crippen LogP contribution is 2.25. The number of halogens is 2. The zero-order chi connectivity index (χ0) is 16.2. The van der Waals surface area contributed by atoms with Crippen molar-refractivity contribution in [3.8, 4) is 5.75 Å². The topological polar surface area (TPSA) is 55.4 Å². The molecule has 0 aliphatic rings. The van der Waals surface area contributed by atoms with Crippen LogP contribution < -0.4 is 9.46 Å². The van der Waals surface area contributed by atoms with Crippen molar-refractivity contribution in [2.45, 2.75) is 11.3 Å².